The maximum Gasteiger partial charge on any atom is 0.407 e. The summed E-state index contributed by atoms with van der Waals surface area (Å²) in [4.78, 5) is 11.8. The largest absolute Gasteiger partial charge is 0.444 e. The van der Waals surface area contributed by atoms with E-state index in [1.807, 2.05) is 20.8 Å². The van der Waals surface area contributed by atoms with E-state index in [4.69, 9.17) is 4.74 Å². The Kier molecular flexibility index (Phi) is 7.67. The van der Waals surface area contributed by atoms with E-state index < -0.39 is 5.60 Å². The van der Waals surface area contributed by atoms with Crippen LogP contribution >= 0.6 is 0 Å². The fourth-order valence-electron chi connectivity index (χ4n) is 3.03. The Morgan fingerprint density at radius 2 is 1.77 bits per heavy atom. The molecule has 0 aromatic carbocycles. The molecule has 0 aliphatic heterocycles. The molecule has 1 saturated carbocycles. The molecular weight excluding hydrogens is 276 g/mol. The number of nitrogens with one attached hydrogen (secondary N) is 2. The summed E-state index contributed by atoms with van der Waals surface area (Å²) in [5.41, 5.74) is -0.441. The van der Waals surface area contributed by atoms with Crippen molar-refractivity contribution in [3.63, 3.8) is 0 Å². The molecule has 0 bridgehead atoms. The van der Waals surface area contributed by atoms with Crippen molar-refractivity contribution in [2.24, 2.45) is 11.8 Å². The van der Waals surface area contributed by atoms with Crippen LogP contribution in [-0.4, -0.2) is 30.3 Å². The van der Waals surface area contributed by atoms with Gasteiger partial charge in [-0.15, -0.1) is 0 Å². The Morgan fingerprint density at radius 1 is 1.18 bits per heavy atom. The molecule has 0 aromatic heterocycles. The Hall–Kier alpha value is -0.770. The van der Waals surface area contributed by atoms with E-state index in [9.17, 15) is 4.79 Å². The summed E-state index contributed by atoms with van der Waals surface area (Å²) in [6.45, 7) is 13.0. The van der Waals surface area contributed by atoms with E-state index >= 15 is 0 Å². The van der Waals surface area contributed by atoms with Crippen LogP contribution in [-0.2, 0) is 4.74 Å². The van der Waals surface area contributed by atoms with Crippen LogP contribution in [0.3, 0.4) is 0 Å². The Bertz CT molecular complexity index is 328. The zero-order valence-electron chi connectivity index (χ0n) is 15.4. The highest BCUT2D eigenvalue weighted by atomic mass is 16.6. The van der Waals surface area contributed by atoms with Gasteiger partial charge >= 0.3 is 6.09 Å². The van der Waals surface area contributed by atoms with E-state index in [1.54, 1.807) is 0 Å². The maximum absolute atomic E-state index is 11.8. The minimum Gasteiger partial charge on any atom is -0.444 e. The number of alkyl carbamates (subject to hydrolysis) is 1. The molecule has 1 rings (SSSR count). The molecule has 0 saturated heterocycles. The van der Waals surface area contributed by atoms with Crippen LogP contribution in [0, 0.1) is 11.8 Å². The summed E-state index contributed by atoms with van der Waals surface area (Å²) in [7, 11) is 0. The third kappa shape index (κ3) is 7.48. The Morgan fingerprint density at radius 3 is 2.23 bits per heavy atom. The Labute approximate surface area is 136 Å². The SMILES string of the molecule is CCC1CCC(NC(CNC(=O)OC(C)(C)C)C(C)C)CC1. The summed E-state index contributed by atoms with van der Waals surface area (Å²) < 4.78 is 5.31. The highest BCUT2D eigenvalue weighted by Crippen LogP contribution is 2.27. The van der Waals surface area contributed by atoms with Crippen molar-refractivity contribution in [1.29, 1.82) is 0 Å². The van der Waals surface area contributed by atoms with Gasteiger partial charge in [0.1, 0.15) is 5.60 Å². The number of carbonyl (C=O) groups is 1. The molecule has 0 spiro atoms. The molecule has 1 fully saturated rings. The van der Waals surface area contributed by atoms with Gasteiger partial charge in [-0.05, 0) is 58.3 Å². The highest BCUT2D eigenvalue weighted by Gasteiger charge is 2.24. The van der Waals surface area contributed by atoms with E-state index in [2.05, 4.69) is 31.4 Å². The number of ether oxygens (including phenoxy) is 1. The molecule has 1 atom stereocenters. The lowest BCUT2D eigenvalue weighted by Crippen LogP contribution is -2.49. The fourth-order valence-corrected chi connectivity index (χ4v) is 3.03. The summed E-state index contributed by atoms with van der Waals surface area (Å²) in [5, 5.41) is 6.65. The third-order valence-electron chi connectivity index (χ3n) is 4.54. The second-order valence-electron chi connectivity index (χ2n) is 8.03. The number of carbonyl (C=O) groups excluding carboxylic acids is 1. The van der Waals surface area contributed by atoms with E-state index in [-0.39, 0.29) is 6.09 Å². The Balaban J connectivity index is 2.38. The lowest BCUT2D eigenvalue weighted by Gasteiger charge is -2.33. The predicted octanol–water partition coefficient (Wildman–Crippen LogP) is 4.09. The van der Waals surface area contributed by atoms with Crippen LogP contribution < -0.4 is 10.6 Å². The first-order valence-electron chi connectivity index (χ1n) is 8.94. The first-order valence-corrected chi connectivity index (χ1v) is 8.94. The van der Waals surface area contributed by atoms with Gasteiger partial charge in [0.2, 0.25) is 0 Å². The second-order valence-corrected chi connectivity index (χ2v) is 8.03. The average molecular weight is 312 g/mol. The molecule has 1 aliphatic rings. The van der Waals surface area contributed by atoms with Crippen molar-refractivity contribution < 1.29 is 9.53 Å². The van der Waals surface area contributed by atoms with Crippen LogP contribution in [0.25, 0.3) is 0 Å². The summed E-state index contributed by atoms with van der Waals surface area (Å²) in [5.74, 6) is 1.40. The topological polar surface area (TPSA) is 50.4 Å². The number of amides is 1. The predicted molar refractivity (Wildman–Crippen MR) is 92.0 cm³/mol. The van der Waals surface area contributed by atoms with E-state index in [0.29, 0.717) is 24.5 Å². The van der Waals surface area contributed by atoms with Gasteiger partial charge in [0, 0.05) is 18.6 Å². The molecule has 4 heteroatoms. The molecular formula is C18H36N2O2. The highest BCUT2D eigenvalue weighted by molar-refractivity contribution is 5.67. The van der Waals surface area contributed by atoms with Crippen molar-refractivity contribution in [1.82, 2.24) is 10.6 Å². The van der Waals surface area contributed by atoms with Crippen molar-refractivity contribution in [2.45, 2.75) is 91.3 Å². The molecule has 4 nitrogen and oxygen atoms in total. The second kappa shape index (κ2) is 8.76. The van der Waals surface area contributed by atoms with Gasteiger partial charge in [-0.2, -0.15) is 0 Å². The first kappa shape index (κ1) is 19.3. The monoisotopic (exact) mass is 312 g/mol. The summed E-state index contributed by atoms with van der Waals surface area (Å²) >= 11 is 0. The molecule has 1 unspecified atom stereocenters. The van der Waals surface area contributed by atoms with Gasteiger partial charge in [-0.3, -0.25) is 0 Å². The van der Waals surface area contributed by atoms with Crippen LogP contribution in [0.5, 0.6) is 0 Å². The van der Waals surface area contributed by atoms with Crippen LogP contribution in [0.2, 0.25) is 0 Å². The molecule has 130 valence electrons. The molecule has 0 radical (unpaired) electrons. The minimum atomic E-state index is -0.441. The molecule has 0 heterocycles. The zero-order chi connectivity index (χ0) is 16.8. The average Bonchev–Trinajstić information content (AvgIpc) is 2.41. The van der Waals surface area contributed by atoms with Gasteiger partial charge in [0.15, 0.2) is 0 Å². The molecule has 0 aromatic rings. The first-order chi connectivity index (χ1) is 10.2. The van der Waals surface area contributed by atoms with Crippen LogP contribution in [0.1, 0.15) is 73.6 Å². The number of hydrogen-bond donors (Lipinski definition) is 2. The molecule has 2 N–H and O–H groups in total. The van der Waals surface area contributed by atoms with Crippen molar-refractivity contribution >= 4 is 6.09 Å². The van der Waals surface area contributed by atoms with Crippen molar-refractivity contribution in [2.75, 3.05) is 6.54 Å². The van der Waals surface area contributed by atoms with Gasteiger partial charge in [-0.25, -0.2) is 4.79 Å². The lowest BCUT2D eigenvalue weighted by atomic mass is 9.84. The number of rotatable bonds is 6. The molecule has 1 aliphatic carbocycles. The molecule has 1 amide bonds. The van der Waals surface area contributed by atoms with Crippen molar-refractivity contribution in [3.05, 3.63) is 0 Å². The smallest absolute Gasteiger partial charge is 0.407 e. The van der Waals surface area contributed by atoms with E-state index in [1.165, 1.54) is 32.1 Å². The summed E-state index contributed by atoms with van der Waals surface area (Å²) in [6, 6.07) is 0.895. The lowest BCUT2D eigenvalue weighted by molar-refractivity contribution is 0.0517. The normalized spacial score (nSPS) is 24.1. The minimum absolute atomic E-state index is 0.302. The standard InChI is InChI=1S/C18H36N2O2/c1-7-14-8-10-15(11-9-14)20-16(13(2)3)12-19-17(21)22-18(4,5)6/h13-16,20H,7-12H2,1-6H3,(H,19,21). The number of hydrogen-bond acceptors (Lipinski definition) is 3. The van der Waals surface area contributed by atoms with Crippen LogP contribution in [0.15, 0.2) is 0 Å². The van der Waals surface area contributed by atoms with Gasteiger partial charge in [0.05, 0.1) is 0 Å². The quantitative estimate of drug-likeness (QED) is 0.776. The fraction of sp³-hybridized carbons (Fsp3) is 0.944. The zero-order valence-corrected chi connectivity index (χ0v) is 15.4. The van der Waals surface area contributed by atoms with Gasteiger partial charge < -0.3 is 15.4 Å². The molecule has 22 heavy (non-hydrogen) atoms. The van der Waals surface area contributed by atoms with Crippen LogP contribution in [0.4, 0.5) is 4.79 Å². The van der Waals surface area contributed by atoms with E-state index in [0.717, 1.165) is 5.92 Å². The van der Waals surface area contributed by atoms with Crippen molar-refractivity contribution in [3.8, 4) is 0 Å². The maximum atomic E-state index is 11.8. The third-order valence-corrected chi connectivity index (χ3v) is 4.54. The van der Waals surface area contributed by atoms with Gasteiger partial charge in [-0.1, -0.05) is 27.2 Å². The van der Waals surface area contributed by atoms with Gasteiger partial charge in [0.25, 0.3) is 0 Å². The summed E-state index contributed by atoms with van der Waals surface area (Å²) in [6.07, 6.45) is 6.16.